The van der Waals surface area contributed by atoms with E-state index < -0.39 is 23.5 Å². The maximum Gasteiger partial charge on any atom is 0.265 e. The van der Waals surface area contributed by atoms with Crippen molar-refractivity contribution < 1.29 is 23.9 Å². The fraction of sp³-hybridized carbons (Fsp3) is 0.750. The highest BCUT2D eigenvalue weighted by Crippen LogP contribution is 2.46. The van der Waals surface area contributed by atoms with Gasteiger partial charge in [-0.15, -0.1) is 11.3 Å². The minimum atomic E-state index is -0.845. The fourth-order valence-electron chi connectivity index (χ4n) is 6.41. The lowest BCUT2D eigenvalue weighted by molar-refractivity contribution is -0.151. The van der Waals surface area contributed by atoms with Crippen molar-refractivity contribution in [1.29, 1.82) is 0 Å². The summed E-state index contributed by atoms with van der Waals surface area (Å²) in [6, 6.07) is -0.845. The zero-order chi connectivity index (χ0) is 27.6. The quantitative estimate of drug-likeness (QED) is 0.453. The van der Waals surface area contributed by atoms with E-state index in [4.69, 9.17) is 4.74 Å². The summed E-state index contributed by atoms with van der Waals surface area (Å²) >= 11 is 1.27. The third-order valence-electron chi connectivity index (χ3n) is 9.03. The third kappa shape index (κ3) is 6.29. The Morgan fingerprint density at radius 3 is 2.44 bits per heavy atom. The van der Waals surface area contributed by atoms with Crippen molar-refractivity contribution in [1.82, 2.24) is 25.4 Å². The Morgan fingerprint density at radius 1 is 1.08 bits per heavy atom. The van der Waals surface area contributed by atoms with Crippen molar-refractivity contribution in [3.05, 3.63) is 16.6 Å². The first-order chi connectivity index (χ1) is 18.8. The van der Waals surface area contributed by atoms with Crippen molar-refractivity contribution >= 4 is 35.0 Å². The number of nitrogens with zero attached hydrogens (tertiary/aromatic N) is 3. The van der Waals surface area contributed by atoms with E-state index in [2.05, 4.69) is 15.6 Å². The maximum atomic E-state index is 13.8. The molecule has 10 nitrogen and oxygen atoms in total. The van der Waals surface area contributed by atoms with Gasteiger partial charge < -0.3 is 25.2 Å². The van der Waals surface area contributed by atoms with Gasteiger partial charge in [-0.2, -0.15) is 0 Å². The molecule has 2 aliphatic carbocycles. The van der Waals surface area contributed by atoms with Gasteiger partial charge in [0.1, 0.15) is 10.9 Å². The van der Waals surface area contributed by atoms with Crippen LogP contribution >= 0.6 is 11.3 Å². The summed E-state index contributed by atoms with van der Waals surface area (Å²) in [7, 11) is 1.55. The molecule has 4 aliphatic rings. The molecule has 2 saturated carbocycles. The molecule has 0 unspecified atom stereocenters. The molecule has 39 heavy (non-hydrogen) atoms. The predicted octanol–water partition coefficient (Wildman–Crippen LogP) is 2.06. The van der Waals surface area contributed by atoms with E-state index in [0.29, 0.717) is 49.4 Å². The van der Waals surface area contributed by atoms with E-state index in [1.165, 1.54) is 30.6 Å². The van der Waals surface area contributed by atoms with E-state index in [9.17, 15) is 19.2 Å². The summed E-state index contributed by atoms with van der Waals surface area (Å²) in [5.41, 5.74) is 1.09. The number of hydrogen-bond acceptors (Lipinski definition) is 7. The van der Waals surface area contributed by atoms with Crippen LogP contribution in [-0.4, -0.2) is 90.4 Å². The molecule has 2 N–H and O–H groups in total. The molecular formula is C28H41N5O5S. The Kier molecular flexibility index (Phi) is 8.56. The van der Waals surface area contributed by atoms with Crippen LogP contribution in [0, 0.1) is 23.2 Å². The van der Waals surface area contributed by atoms with Crippen LogP contribution in [0.25, 0.3) is 0 Å². The van der Waals surface area contributed by atoms with E-state index >= 15 is 0 Å². The zero-order valence-electron chi connectivity index (χ0n) is 23.0. The van der Waals surface area contributed by atoms with Crippen LogP contribution in [0.1, 0.15) is 68.0 Å². The molecule has 1 aromatic heterocycles. The summed E-state index contributed by atoms with van der Waals surface area (Å²) in [6.45, 7) is 3.93. The van der Waals surface area contributed by atoms with Crippen LogP contribution in [0.5, 0.6) is 0 Å². The number of rotatable bonds is 10. The maximum absolute atomic E-state index is 13.8. The molecular weight excluding hydrogens is 518 g/mol. The van der Waals surface area contributed by atoms with E-state index in [1.807, 2.05) is 11.8 Å². The molecule has 4 amide bonds. The van der Waals surface area contributed by atoms with Crippen LogP contribution in [0.2, 0.25) is 0 Å². The van der Waals surface area contributed by atoms with Crippen LogP contribution < -0.4 is 10.6 Å². The molecule has 11 heteroatoms. The first-order valence-corrected chi connectivity index (χ1v) is 15.3. The number of likely N-dealkylation sites (N-methyl/N-ethyl adjacent to an activating group) is 1. The van der Waals surface area contributed by atoms with Crippen LogP contribution in [0.3, 0.4) is 0 Å². The predicted molar refractivity (Wildman–Crippen MR) is 146 cm³/mol. The second kappa shape index (κ2) is 11.9. The van der Waals surface area contributed by atoms with Crippen LogP contribution in [0.15, 0.2) is 11.7 Å². The van der Waals surface area contributed by atoms with Crippen LogP contribution in [0.4, 0.5) is 0 Å². The first-order valence-electron chi connectivity index (χ1n) is 14.4. The molecule has 3 atom stereocenters. The van der Waals surface area contributed by atoms with Crippen molar-refractivity contribution in [3.63, 3.8) is 0 Å². The summed E-state index contributed by atoms with van der Waals surface area (Å²) in [6.07, 6.45) is 9.76. The van der Waals surface area contributed by atoms with Gasteiger partial charge in [0.2, 0.25) is 17.7 Å². The topological polar surface area (TPSA) is 121 Å². The van der Waals surface area contributed by atoms with Gasteiger partial charge in [-0.3, -0.25) is 24.2 Å². The van der Waals surface area contributed by atoms with Gasteiger partial charge in [-0.1, -0.05) is 19.3 Å². The van der Waals surface area contributed by atoms with Crippen molar-refractivity contribution in [2.24, 2.45) is 23.2 Å². The molecule has 3 heterocycles. The molecule has 1 spiro atoms. The highest BCUT2D eigenvalue weighted by molar-refractivity contribution is 7.11. The van der Waals surface area contributed by atoms with Crippen molar-refractivity contribution in [2.75, 3.05) is 39.8 Å². The van der Waals surface area contributed by atoms with Gasteiger partial charge in [0.25, 0.3) is 5.91 Å². The number of ether oxygens (including phenoxy) is 1. The Hall–Kier alpha value is -2.53. The second-order valence-corrected chi connectivity index (χ2v) is 12.9. The summed E-state index contributed by atoms with van der Waals surface area (Å²) in [4.78, 5) is 60.7. The second-order valence-electron chi connectivity index (χ2n) is 12.0. The SMILES string of the molecule is CNC(=O)[C@@H](NC(=O)[C@@H]1CN(C(=O)c2cncs2)CC12CN(C(=O)CC1CC1)C2)[C@@H](C)OCC1CCCCC1. The number of amides is 4. The fourth-order valence-corrected chi connectivity index (χ4v) is 7.00. The van der Waals surface area contributed by atoms with Gasteiger partial charge in [0.15, 0.2) is 0 Å². The molecule has 214 valence electrons. The van der Waals surface area contributed by atoms with Crippen molar-refractivity contribution in [3.8, 4) is 0 Å². The lowest BCUT2D eigenvalue weighted by Gasteiger charge is -2.50. The normalized spacial score (nSPS) is 24.2. The van der Waals surface area contributed by atoms with Gasteiger partial charge in [0.05, 0.1) is 23.7 Å². The smallest absolute Gasteiger partial charge is 0.265 e. The van der Waals surface area contributed by atoms with Crippen molar-refractivity contribution in [2.45, 2.75) is 70.4 Å². The highest BCUT2D eigenvalue weighted by Gasteiger charge is 2.59. The van der Waals surface area contributed by atoms with Crippen LogP contribution in [-0.2, 0) is 19.1 Å². The Morgan fingerprint density at radius 2 is 1.79 bits per heavy atom. The molecule has 2 aliphatic heterocycles. The first kappa shape index (κ1) is 28.0. The minimum Gasteiger partial charge on any atom is -0.376 e. The lowest BCUT2D eigenvalue weighted by atomic mass is 9.71. The number of aromatic nitrogens is 1. The summed E-state index contributed by atoms with van der Waals surface area (Å²) in [5.74, 6) is -0.156. The monoisotopic (exact) mass is 559 g/mol. The molecule has 0 bridgehead atoms. The Labute approximate surface area is 234 Å². The number of nitrogens with one attached hydrogen (secondary N) is 2. The number of carbonyl (C=O) groups is 4. The summed E-state index contributed by atoms with van der Waals surface area (Å²) < 4.78 is 6.12. The van der Waals surface area contributed by atoms with Gasteiger partial charge >= 0.3 is 0 Å². The van der Waals surface area contributed by atoms with E-state index in [-0.39, 0.29) is 30.2 Å². The number of hydrogen-bond donors (Lipinski definition) is 2. The highest BCUT2D eigenvalue weighted by atomic mass is 32.1. The molecule has 0 radical (unpaired) electrons. The minimum absolute atomic E-state index is 0.127. The number of carbonyl (C=O) groups excluding carboxylic acids is 4. The van der Waals surface area contributed by atoms with E-state index in [0.717, 1.165) is 25.7 Å². The zero-order valence-corrected chi connectivity index (χ0v) is 23.8. The molecule has 0 aromatic carbocycles. The molecule has 4 fully saturated rings. The largest absolute Gasteiger partial charge is 0.376 e. The standard InChI is InChI=1S/C28H41N5O5S/c1-18(38-13-20-6-4-3-5-7-20)24(26(36)29-2)31-25(35)21-12-32(27(37)22-11-30-17-39-22)14-28(21)15-33(16-28)23(34)10-19-8-9-19/h11,17-21,24H,3-10,12-16H2,1-2H3,(H,29,36)(H,31,35)/t18-,21+,24+/m1/s1. The lowest BCUT2D eigenvalue weighted by Crippen LogP contribution is -2.65. The number of likely N-dealkylation sites (tertiary alicyclic amines) is 2. The molecule has 2 saturated heterocycles. The van der Waals surface area contributed by atoms with Gasteiger partial charge in [-0.25, -0.2) is 0 Å². The van der Waals surface area contributed by atoms with Gasteiger partial charge in [0, 0.05) is 51.7 Å². The molecule has 5 rings (SSSR count). The average molecular weight is 560 g/mol. The average Bonchev–Trinajstić information content (AvgIpc) is 3.40. The summed E-state index contributed by atoms with van der Waals surface area (Å²) in [5, 5.41) is 5.64. The third-order valence-corrected chi connectivity index (χ3v) is 9.80. The van der Waals surface area contributed by atoms with Gasteiger partial charge in [-0.05, 0) is 44.4 Å². The Balaban J connectivity index is 1.27. The van der Waals surface area contributed by atoms with E-state index in [1.54, 1.807) is 23.7 Å². The Bertz CT molecular complexity index is 1050. The molecule has 1 aromatic rings. The number of thiazole rings is 1.